The van der Waals surface area contributed by atoms with Crippen LogP contribution in [0.2, 0.25) is 5.02 Å². The Morgan fingerprint density at radius 3 is 2.50 bits per heavy atom. The number of fused-ring (bicyclic) bond motifs is 1. The molecule has 4 rings (SSSR count). The molecule has 1 atom stereocenters. The molecule has 0 aliphatic carbocycles. The number of aromatic nitrogens is 1. The van der Waals surface area contributed by atoms with Crippen LogP contribution in [0.1, 0.15) is 22.7 Å². The zero-order valence-electron chi connectivity index (χ0n) is 15.5. The molecular formula is C21H15ClN8. The van der Waals surface area contributed by atoms with Gasteiger partial charge >= 0.3 is 0 Å². The molecule has 0 radical (unpaired) electrons. The molecule has 30 heavy (non-hydrogen) atoms. The molecule has 0 fully saturated rings. The van der Waals surface area contributed by atoms with Crippen LogP contribution in [0.25, 0.3) is 11.1 Å². The van der Waals surface area contributed by atoms with Gasteiger partial charge in [-0.15, -0.1) is 0 Å². The zero-order chi connectivity index (χ0) is 21.3. The summed E-state index contributed by atoms with van der Waals surface area (Å²) >= 11 is 6.14. The van der Waals surface area contributed by atoms with Crippen molar-refractivity contribution >= 4 is 34.9 Å². The Morgan fingerprint density at radius 2 is 1.80 bits per heavy atom. The molecule has 1 aromatic heterocycles. The van der Waals surface area contributed by atoms with E-state index in [1.807, 2.05) is 60.8 Å². The number of nitrogens with zero attached hydrogens (tertiary/aromatic N) is 4. The van der Waals surface area contributed by atoms with Crippen LogP contribution >= 0.6 is 11.6 Å². The van der Waals surface area contributed by atoms with E-state index in [0.717, 1.165) is 16.7 Å². The fourth-order valence-corrected chi connectivity index (χ4v) is 3.57. The van der Waals surface area contributed by atoms with Crippen LogP contribution in [0, 0.1) is 22.8 Å². The number of nitrogens with one attached hydrogen (secondary N) is 2. The third-order valence-electron chi connectivity index (χ3n) is 4.72. The molecule has 2 aromatic carbocycles. The van der Waals surface area contributed by atoms with Crippen LogP contribution in [0.15, 0.2) is 53.5 Å². The second kappa shape index (κ2) is 7.63. The lowest BCUT2D eigenvalue weighted by Crippen LogP contribution is -2.32. The second-order valence-electron chi connectivity index (χ2n) is 6.54. The van der Waals surface area contributed by atoms with Gasteiger partial charge in [0.15, 0.2) is 6.19 Å². The van der Waals surface area contributed by atoms with E-state index in [2.05, 4.69) is 20.6 Å². The monoisotopic (exact) mass is 414 g/mol. The molecular weight excluding hydrogens is 400 g/mol. The van der Waals surface area contributed by atoms with Gasteiger partial charge in [-0.1, -0.05) is 41.9 Å². The molecule has 9 heteroatoms. The molecule has 0 bridgehead atoms. The summed E-state index contributed by atoms with van der Waals surface area (Å²) in [5.41, 5.74) is 15.7. The van der Waals surface area contributed by atoms with E-state index < -0.39 is 6.04 Å². The van der Waals surface area contributed by atoms with Crippen molar-refractivity contribution in [3.63, 3.8) is 0 Å². The van der Waals surface area contributed by atoms with Gasteiger partial charge in [0.05, 0.1) is 5.69 Å². The maximum absolute atomic E-state index is 9.44. The number of anilines is 3. The molecule has 6 N–H and O–H groups in total. The number of benzene rings is 2. The van der Waals surface area contributed by atoms with Gasteiger partial charge in [0.25, 0.3) is 0 Å². The number of nitrogens with two attached hydrogens (primary N) is 2. The Bertz CT molecular complexity index is 1270. The summed E-state index contributed by atoms with van der Waals surface area (Å²) < 4.78 is 0. The molecule has 0 saturated carbocycles. The van der Waals surface area contributed by atoms with Crippen LogP contribution in [-0.4, -0.2) is 10.9 Å². The van der Waals surface area contributed by atoms with Crippen molar-refractivity contribution in [1.29, 1.82) is 10.5 Å². The Kier molecular flexibility index (Phi) is 4.85. The molecule has 0 amide bonds. The summed E-state index contributed by atoms with van der Waals surface area (Å²) in [7, 11) is 0. The van der Waals surface area contributed by atoms with E-state index in [-0.39, 0.29) is 23.0 Å². The summed E-state index contributed by atoms with van der Waals surface area (Å²) in [4.78, 5) is 8.84. The lowest BCUT2D eigenvalue weighted by atomic mass is 9.93. The second-order valence-corrected chi connectivity index (χ2v) is 6.97. The SMILES string of the molecule is N#CNC1=NC(c2cccc(-c3cccc(Cl)c3)c2)c2c(nc(N)c(C#N)c2N)N1. The van der Waals surface area contributed by atoms with Gasteiger partial charge in [-0.25, -0.2) is 9.98 Å². The summed E-state index contributed by atoms with van der Waals surface area (Å²) in [6.45, 7) is 0. The average molecular weight is 415 g/mol. The van der Waals surface area contributed by atoms with Crippen LogP contribution in [0.3, 0.4) is 0 Å². The predicted molar refractivity (Wildman–Crippen MR) is 116 cm³/mol. The minimum absolute atomic E-state index is 0.00545. The van der Waals surface area contributed by atoms with Gasteiger partial charge in [0, 0.05) is 10.6 Å². The highest BCUT2D eigenvalue weighted by Crippen LogP contribution is 2.41. The van der Waals surface area contributed by atoms with E-state index in [0.29, 0.717) is 16.4 Å². The van der Waals surface area contributed by atoms with Gasteiger partial charge in [0.1, 0.15) is 29.3 Å². The van der Waals surface area contributed by atoms with Gasteiger partial charge in [0.2, 0.25) is 5.96 Å². The number of hydrogen-bond acceptors (Lipinski definition) is 8. The number of aliphatic imine (C=N–C) groups is 1. The smallest absolute Gasteiger partial charge is 0.211 e. The first-order valence-electron chi connectivity index (χ1n) is 8.86. The Labute approximate surface area is 177 Å². The van der Waals surface area contributed by atoms with Crippen LogP contribution in [0.5, 0.6) is 0 Å². The third-order valence-corrected chi connectivity index (χ3v) is 4.95. The van der Waals surface area contributed by atoms with Gasteiger partial charge in [-0.2, -0.15) is 10.5 Å². The van der Waals surface area contributed by atoms with E-state index in [9.17, 15) is 5.26 Å². The number of rotatable bonds is 2. The van der Waals surface area contributed by atoms with Crippen molar-refractivity contribution in [3.8, 4) is 23.4 Å². The highest BCUT2D eigenvalue weighted by atomic mass is 35.5. The van der Waals surface area contributed by atoms with Crippen molar-refractivity contribution in [2.45, 2.75) is 6.04 Å². The lowest BCUT2D eigenvalue weighted by Gasteiger charge is -2.26. The fraction of sp³-hybridized carbons (Fsp3) is 0.0476. The van der Waals surface area contributed by atoms with Crippen LogP contribution in [-0.2, 0) is 0 Å². The first kappa shape index (κ1) is 19.1. The summed E-state index contributed by atoms with van der Waals surface area (Å²) in [5.74, 6) is 0.556. The molecule has 1 aliphatic heterocycles. The van der Waals surface area contributed by atoms with Crippen molar-refractivity contribution in [1.82, 2.24) is 10.3 Å². The van der Waals surface area contributed by atoms with Crippen LogP contribution < -0.4 is 22.1 Å². The third kappa shape index (κ3) is 3.32. The molecule has 3 aromatic rings. The largest absolute Gasteiger partial charge is 0.397 e. The van der Waals surface area contributed by atoms with Gasteiger partial charge in [-0.3, -0.25) is 5.32 Å². The van der Waals surface area contributed by atoms with Crippen molar-refractivity contribution in [3.05, 3.63) is 70.2 Å². The highest BCUT2D eigenvalue weighted by molar-refractivity contribution is 6.30. The normalized spacial score (nSPS) is 14.5. The molecule has 1 aliphatic rings. The van der Waals surface area contributed by atoms with Crippen LogP contribution in [0.4, 0.5) is 17.3 Å². The number of halogens is 1. The summed E-state index contributed by atoms with van der Waals surface area (Å²) in [6, 6.07) is 16.6. The Hall–Kier alpha value is -4.27. The topological polar surface area (TPSA) is 149 Å². The first-order chi connectivity index (χ1) is 14.5. The first-order valence-corrected chi connectivity index (χ1v) is 9.24. The molecule has 0 saturated heterocycles. The number of nitrogen functional groups attached to an aromatic ring is 2. The summed E-state index contributed by atoms with van der Waals surface area (Å²) in [6.07, 6.45) is 1.83. The Balaban J connectivity index is 1.89. The predicted octanol–water partition coefficient (Wildman–Crippen LogP) is 3.38. The van der Waals surface area contributed by atoms with E-state index in [4.69, 9.17) is 28.3 Å². The van der Waals surface area contributed by atoms with Gasteiger partial charge in [-0.05, 0) is 34.9 Å². The molecule has 2 heterocycles. The number of hydrogen-bond donors (Lipinski definition) is 4. The molecule has 146 valence electrons. The quantitative estimate of drug-likeness (QED) is 0.371. The fourth-order valence-electron chi connectivity index (χ4n) is 3.38. The number of guanidine groups is 1. The van der Waals surface area contributed by atoms with Gasteiger partial charge < -0.3 is 16.8 Å². The average Bonchev–Trinajstić information content (AvgIpc) is 2.73. The van der Waals surface area contributed by atoms with Crippen molar-refractivity contribution in [2.75, 3.05) is 16.8 Å². The standard InChI is InChI=1S/C21H15ClN8/c22-14-6-2-4-12(8-14)11-3-1-5-13(7-11)18-16-17(25)15(9-23)19(26)29-20(16)30-21(28-18)27-10-24/h1-8,18H,(H6,25,26,27,28,29,30). The van der Waals surface area contributed by atoms with E-state index in [1.54, 1.807) is 0 Å². The summed E-state index contributed by atoms with van der Waals surface area (Å²) in [5, 5.41) is 24.5. The van der Waals surface area contributed by atoms with Crippen molar-refractivity contribution in [2.24, 2.45) is 4.99 Å². The number of pyridine rings is 1. The molecule has 0 spiro atoms. The maximum atomic E-state index is 9.44. The van der Waals surface area contributed by atoms with E-state index in [1.165, 1.54) is 0 Å². The highest BCUT2D eigenvalue weighted by Gasteiger charge is 2.29. The number of nitriles is 2. The Morgan fingerprint density at radius 1 is 1.07 bits per heavy atom. The minimum Gasteiger partial charge on any atom is -0.397 e. The minimum atomic E-state index is -0.601. The maximum Gasteiger partial charge on any atom is 0.211 e. The van der Waals surface area contributed by atoms with E-state index >= 15 is 0 Å². The lowest BCUT2D eigenvalue weighted by molar-refractivity contribution is 0.847. The van der Waals surface area contributed by atoms with Crippen molar-refractivity contribution < 1.29 is 0 Å². The molecule has 8 nitrogen and oxygen atoms in total. The zero-order valence-corrected chi connectivity index (χ0v) is 16.3. The molecule has 1 unspecified atom stereocenters.